The number of piperidine rings is 1. The molecule has 4 rings (SSSR count). The molecule has 0 aliphatic carbocycles. The van der Waals surface area contributed by atoms with Crippen LogP contribution in [-0.2, 0) is 11.8 Å². The Bertz CT molecular complexity index is 900. The molecular weight excluding hydrogens is 406 g/mol. The second kappa shape index (κ2) is 9.22. The summed E-state index contributed by atoms with van der Waals surface area (Å²) in [5, 5.41) is 10.7. The maximum absolute atomic E-state index is 13.1. The lowest BCUT2D eigenvalue weighted by molar-refractivity contribution is -0.136. The van der Waals surface area contributed by atoms with E-state index >= 15 is 0 Å². The van der Waals surface area contributed by atoms with Gasteiger partial charge in [-0.25, -0.2) is 0 Å². The summed E-state index contributed by atoms with van der Waals surface area (Å²) >= 11 is 0. The normalized spacial score (nSPS) is 22.0. The van der Waals surface area contributed by atoms with Crippen molar-refractivity contribution in [3.05, 3.63) is 41.1 Å². The SMILES string of the molecule is Cc1cc(C(=O)NC2CCN(C(=O)[C@H]3CNC[C@@H]3c3cnn(C)c3)CC2)c(C)o1.Cl. The van der Waals surface area contributed by atoms with Crippen LogP contribution in [0.2, 0.25) is 0 Å². The predicted molar refractivity (Wildman–Crippen MR) is 115 cm³/mol. The van der Waals surface area contributed by atoms with Gasteiger partial charge in [-0.3, -0.25) is 14.3 Å². The van der Waals surface area contributed by atoms with Crippen LogP contribution < -0.4 is 10.6 Å². The molecule has 2 saturated heterocycles. The van der Waals surface area contributed by atoms with Crippen molar-refractivity contribution in [2.45, 2.75) is 38.6 Å². The molecule has 9 heteroatoms. The standard InChI is InChI=1S/C21H29N5O3.ClH/c1-13-8-17(14(2)29-13)20(27)24-16-4-6-26(7-5-16)21(28)19-11-22-10-18(19)15-9-23-25(3)12-15;/h8-9,12,16,18-19,22H,4-7,10-11H2,1-3H3,(H,24,27);1H/t18-,19+;/m1./s1. The highest BCUT2D eigenvalue weighted by Gasteiger charge is 2.38. The summed E-state index contributed by atoms with van der Waals surface area (Å²) in [4.78, 5) is 27.6. The number of aryl methyl sites for hydroxylation is 3. The van der Waals surface area contributed by atoms with Crippen molar-refractivity contribution >= 4 is 24.2 Å². The number of nitrogens with one attached hydrogen (secondary N) is 2. The van der Waals surface area contributed by atoms with Gasteiger partial charge in [0, 0.05) is 51.4 Å². The number of aromatic nitrogens is 2. The first-order valence-corrected chi connectivity index (χ1v) is 10.3. The molecule has 2 fully saturated rings. The third kappa shape index (κ3) is 4.54. The van der Waals surface area contributed by atoms with Crippen molar-refractivity contribution in [3.63, 3.8) is 0 Å². The Morgan fingerprint density at radius 1 is 1.23 bits per heavy atom. The van der Waals surface area contributed by atoms with Crippen molar-refractivity contribution in [2.24, 2.45) is 13.0 Å². The monoisotopic (exact) mass is 435 g/mol. The Balaban J connectivity index is 0.00000256. The third-order valence-electron chi connectivity index (χ3n) is 6.11. The molecule has 2 atom stereocenters. The number of amides is 2. The van der Waals surface area contributed by atoms with Crippen LogP contribution in [0.3, 0.4) is 0 Å². The number of likely N-dealkylation sites (tertiary alicyclic amines) is 1. The predicted octanol–water partition coefficient (Wildman–Crippen LogP) is 1.78. The summed E-state index contributed by atoms with van der Waals surface area (Å²) in [6.45, 7) is 6.49. The van der Waals surface area contributed by atoms with Crippen molar-refractivity contribution in [3.8, 4) is 0 Å². The smallest absolute Gasteiger partial charge is 0.255 e. The number of hydrogen-bond acceptors (Lipinski definition) is 5. The average molecular weight is 436 g/mol. The fraction of sp³-hybridized carbons (Fsp3) is 0.571. The first-order chi connectivity index (χ1) is 13.9. The quantitative estimate of drug-likeness (QED) is 0.763. The molecule has 0 spiro atoms. The van der Waals surface area contributed by atoms with Gasteiger partial charge in [0.15, 0.2) is 0 Å². The number of halogens is 1. The summed E-state index contributed by atoms with van der Waals surface area (Å²) < 4.78 is 7.24. The van der Waals surface area contributed by atoms with Gasteiger partial charge in [-0.1, -0.05) is 0 Å². The van der Waals surface area contributed by atoms with E-state index in [9.17, 15) is 9.59 Å². The minimum atomic E-state index is -0.0965. The van der Waals surface area contributed by atoms with Crippen LogP contribution in [0.25, 0.3) is 0 Å². The van der Waals surface area contributed by atoms with E-state index in [1.54, 1.807) is 17.7 Å². The summed E-state index contributed by atoms with van der Waals surface area (Å²) in [5.74, 6) is 1.60. The van der Waals surface area contributed by atoms with E-state index in [0.717, 1.165) is 30.7 Å². The van der Waals surface area contributed by atoms with Crippen LogP contribution in [0.5, 0.6) is 0 Å². The number of rotatable bonds is 4. The van der Waals surface area contributed by atoms with Crippen LogP contribution in [0.15, 0.2) is 22.9 Å². The fourth-order valence-corrected chi connectivity index (χ4v) is 4.52. The molecule has 8 nitrogen and oxygen atoms in total. The Labute approximate surface area is 182 Å². The molecule has 0 bridgehead atoms. The van der Waals surface area contributed by atoms with Crippen LogP contribution in [0, 0.1) is 19.8 Å². The van der Waals surface area contributed by atoms with Crippen molar-refractivity contribution < 1.29 is 14.0 Å². The van der Waals surface area contributed by atoms with Crippen LogP contribution >= 0.6 is 12.4 Å². The zero-order valence-electron chi connectivity index (χ0n) is 17.7. The van der Waals surface area contributed by atoms with Gasteiger partial charge in [-0.2, -0.15) is 5.10 Å². The average Bonchev–Trinajstić information content (AvgIpc) is 3.41. The van der Waals surface area contributed by atoms with Crippen molar-refractivity contribution in [1.29, 1.82) is 0 Å². The molecular formula is C21H30ClN5O3. The van der Waals surface area contributed by atoms with Crippen LogP contribution in [0.4, 0.5) is 0 Å². The van der Waals surface area contributed by atoms with Gasteiger partial charge in [0.25, 0.3) is 5.91 Å². The molecule has 2 aliphatic rings. The molecule has 0 radical (unpaired) electrons. The lowest BCUT2D eigenvalue weighted by atomic mass is 9.89. The Kier molecular flexibility index (Phi) is 6.88. The van der Waals surface area contributed by atoms with E-state index in [2.05, 4.69) is 15.7 Å². The summed E-state index contributed by atoms with van der Waals surface area (Å²) in [6, 6.07) is 1.85. The van der Waals surface area contributed by atoms with Crippen LogP contribution in [0.1, 0.15) is 46.2 Å². The lowest BCUT2D eigenvalue weighted by Gasteiger charge is -2.34. The second-order valence-electron chi connectivity index (χ2n) is 8.22. The van der Waals surface area contributed by atoms with Gasteiger partial charge in [0.1, 0.15) is 11.5 Å². The fourth-order valence-electron chi connectivity index (χ4n) is 4.52. The van der Waals surface area contributed by atoms with Gasteiger partial charge < -0.3 is 20.0 Å². The minimum absolute atomic E-state index is 0. The first kappa shape index (κ1) is 22.4. The second-order valence-corrected chi connectivity index (χ2v) is 8.22. The van der Waals surface area contributed by atoms with Gasteiger partial charge in [0.2, 0.25) is 5.91 Å². The number of hydrogen-bond donors (Lipinski definition) is 2. The molecule has 164 valence electrons. The molecule has 0 unspecified atom stereocenters. The Hall–Kier alpha value is -2.32. The summed E-state index contributed by atoms with van der Waals surface area (Å²) in [7, 11) is 1.90. The zero-order chi connectivity index (χ0) is 20.5. The number of furan rings is 1. The lowest BCUT2D eigenvalue weighted by Crippen LogP contribution is -2.48. The van der Waals surface area contributed by atoms with E-state index in [-0.39, 0.29) is 42.1 Å². The molecule has 2 amide bonds. The first-order valence-electron chi connectivity index (χ1n) is 10.3. The molecule has 2 N–H and O–H groups in total. The van der Waals surface area contributed by atoms with Gasteiger partial charge in [-0.05, 0) is 38.3 Å². The van der Waals surface area contributed by atoms with Crippen molar-refractivity contribution in [2.75, 3.05) is 26.2 Å². The maximum atomic E-state index is 13.1. The highest BCUT2D eigenvalue weighted by atomic mass is 35.5. The summed E-state index contributed by atoms with van der Waals surface area (Å²) in [5.41, 5.74) is 1.71. The molecule has 30 heavy (non-hydrogen) atoms. The largest absolute Gasteiger partial charge is 0.466 e. The Morgan fingerprint density at radius 2 is 1.97 bits per heavy atom. The highest BCUT2D eigenvalue weighted by molar-refractivity contribution is 5.95. The maximum Gasteiger partial charge on any atom is 0.255 e. The van der Waals surface area contributed by atoms with E-state index in [1.807, 2.05) is 31.3 Å². The number of carbonyl (C=O) groups excluding carboxylic acids is 2. The van der Waals surface area contributed by atoms with E-state index in [4.69, 9.17) is 4.42 Å². The van der Waals surface area contributed by atoms with E-state index in [0.29, 0.717) is 31.0 Å². The van der Waals surface area contributed by atoms with Gasteiger partial charge in [0.05, 0.1) is 17.7 Å². The number of nitrogens with zero attached hydrogens (tertiary/aromatic N) is 3. The van der Waals surface area contributed by atoms with Gasteiger partial charge in [-0.15, -0.1) is 12.4 Å². The molecule has 4 heterocycles. The molecule has 0 aromatic carbocycles. The molecule has 2 aromatic rings. The topological polar surface area (TPSA) is 92.4 Å². The zero-order valence-corrected chi connectivity index (χ0v) is 18.5. The molecule has 0 saturated carbocycles. The van der Waals surface area contributed by atoms with Crippen molar-refractivity contribution in [1.82, 2.24) is 25.3 Å². The highest BCUT2D eigenvalue weighted by Crippen LogP contribution is 2.30. The van der Waals surface area contributed by atoms with E-state index < -0.39 is 0 Å². The minimum Gasteiger partial charge on any atom is -0.466 e. The third-order valence-corrected chi connectivity index (χ3v) is 6.11. The molecule has 2 aromatic heterocycles. The Morgan fingerprint density at radius 3 is 2.57 bits per heavy atom. The summed E-state index contributed by atoms with van der Waals surface area (Å²) in [6.07, 6.45) is 5.40. The van der Waals surface area contributed by atoms with E-state index in [1.165, 1.54) is 0 Å². The van der Waals surface area contributed by atoms with Gasteiger partial charge >= 0.3 is 0 Å². The van der Waals surface area contributed by atoms with Crippen LogP contribution in [-0.4, -0.2) is 58.7 Å². The molecule has 2 aliphatic heterocycles. The number of carbonyl (C=O) groups is 2.